The normalized spacial score (nSPS) is 12.0. The van der Waals surface area contributed by atoms with Crippen LogP contribution in [-0.4, -0.2) is 57.6 Å². The van der Waals surface area contributed by atoms with Crippen molar-refractivity contribution in [3.8, 4) is 0 Å². The summed E-state index contributed by atoms with van der Waals surface area (Å²) in [5, 5.41) is 11.4. The van der Waals surface area contributed by atoms with E-state index in [2.05, 4.69) is 25.5 Å². The molecule has 0 saturated carbocycles. The summed E-state index contributed by atoms with van der Waals surface area (Å²) in [7, 11) is -3.64. The van der Waals surface area contributed by atoms with Crippen LogP contribution in [0.15, 0.2) is 46.5 Å². The zero-order chi connectivity index (χ0) is 24.5. The van der Waals surface area contributed by atoms with Crippen molar-refractivity contribution in [2.75, 3.05) is 24.2 Å². The number of aromatic amines is 1. The molecule has 0 spiro atoms. The fraction of sp³-hybridized carbons (Fsp3) is 0.238. The zero-order valence-corrected chi connectivity index (χ0v) is 19.8. The predicted molar refractivity (Wildman–Crippen MR) is 125 cm³/mol. The average Bonchev–Trinajstić information content (AvgIpc) is 3.18. The number of hydrogen-bond donors (Lipinski definition) is 2. The molecule has 2 heterocycles. The number of halogens is 2. The van der Waals surface area contributed by atoms with Crippen molar-refractivity contribution in [2.45, 2.75) is 23.9 Å². The van der Waals surface area contributed by atoms with Crippen molar-refractivity contribution in [3.05, 3.63) is 48.0 Å². The van der Waals surface area contributed by atoms with Crippen molar-refractivity contribution in [3.63, 3.8) is 0 Å². The van der Waals surface area contributed by atoms with Crippen molar-refractivity contribution in [1.82, 2.24) is 24.5 Å². The second kappa shape index (κ2) is 9.60. The molecule has 0 aliphatic heterocycles. The van der Waals surface area contributed by atoms with Crippen molar-refractivity contribution >= 4 is 55.4 Å². The fourth-order valence-electron chi connectivity index (χ4n) is 3.37. The molecule has 0 fully saturated rings. The van der Waals surface area contributed by atoms with E-state index in [4.69, 9.17) is 0 Å². The Morgan fingerprint density at radius 1 is 1.09 bits per heavy atom. The van der Waals surface area contributed by atoms with Gasteiger partial charge in [-0.2, -0.15) is 4.31 Å². The van der Waals surface area contributed by atoms with E-state index in [9.17, 15) is 22.0 Å². The van der Waals surface area contributed by atoms with E-state index in [1.807, 2.05) is 0 Å². The highest BCUT2D eigenvalue weighted by molar-refractivity contribution is 7.99. The predicted octanol–water partition coefficient (Wildman–Crippen LogP) is 3.55. The lowest BCUT2D eigenvalue weighted by Gasteiger charge is -2.18. The monoisotopic (exact) mass is 506 g/mol. The van der Waals surface area contributed by atoms with Gasteiger partial charge >= 0.3 is 0 Å². The summed E-state index contributed by atoms with van der Waals surface area (Å²) < 4.78 is 53.4. The Labute approximate surface area is 198 Å². The first-order valence-corrected chi connectivity index (χ1v) is 12.7. The first-order valence-electron chi connectivity index (χ1n) is 10.3. The van der Waals surface area contributed by atoms with Gasteiger partial charge in [0.15, 0.2) is 17.3 Å². The lowest BCUT2D eigenvalue weighted by molar-refractivity contribution is -0.113. The van der Waals surface area contributed by atoms with Gasteiger partial charge < -0.3 is 10.3 Å². The van der Waals surface area contributed by atoms with E-state index in [0.29, 0.717) is 35.2 Å². The molecule has 9 nitrogen and oxygen atoms in total. The Morgan fingerprint density at radius 2 is 1.85 bits per heavy atom. The number of rotatable bonds is 8. The van der Waals surface area contributed by atoms with E-state index in [1.54, 1.807) is 26.0 Å². The molecule has 4 aromatic rings. The molecule has 1 amide bonds. The quantitative estimate of drug-likeness (QED) is 0.351. The Bertz CT molecular complexity index is 1490. The molecule has 2 aromatic heterocycles. The van der Waals surface area contributed by atoms with E-state index in [0.717, 1.165) is 23.9 Å². The average molecular weight is 507 g/mol. The van der Waals surface area contributed by atoms with Crippen LogP contribution in [0.25, 0.3) is 22.1 Å². The summed E-state index contributed by atoms with van der Waals surface area (Å²) in [4.78, 5) is 19.7. The number of fused-ring (bicyclic) bond motifs is 3. The molecule has 178 valence electrons. The first kappa shape index (κ1) is 24.0. The Balaban J connectivity index is 1.53. The van der Waals surface area contributed by atoms with E-state index in [1.165, 1.54) is 16.4 Å². The lowest BCUT2D eigenvalue weighted by Crippen LogP contribution is -2.30. The van der Waals surface area contributed by atoms with Gasteiger partial charge in [-0.1, -0.05) is 25.6 Å². The Hall–Kier alpha value is -3.16. The maximum Gasteiger partial charge on any atom is 0.243 e. The molecule has 0 aliphatic carbocycles. The third-order valence-electron chi connectivity index (χ3n) is 5.05. The van der Waals surface area contributed by atoms with Gasteiger partial charge in [0, 0.05) is 35.7 Å². The van der Waals surface area contributed by atoms with Crippen LogP contribution < -0.4 is 5.32 Å². The van der Waals surface area contributed by atoms with Crippen LogP contribution in [0.2, 0.25) is 0 Å². The fourth-order valence-corrected chi connectivity index (χ4v) is 5.44. The topological polar surface area (TPSA) is 121 Å². The number of aromatic nitrogens is 4. The number of nitrogens with one attached hydrogen (secondary N) is 2. The molecular formula is C21H20F2N6O3S2. The standard InChI is InChI=1S/C21H20F2N6O3S2/c1-3-29(4-2)34(31,32)13-6-8-17-14(10-13)19-20(25-17)26-21(28-27-19)33-11-18(30)24-12-5-7-15(22)16(23)9-12/h5-10H,3-4,11H2,1-2H3,(H,24,30)(H,25,26,28). The van der Waals surface area contributed by atoms with Crippen molar-refractivity contribution < 1.29 is 22.0 Å². The molecule has 0 aliphatic rings. The summed E-state index contributed by atoms with van der Waals surface area (Å²) >= 11 is 1.01. The number of amides is 1. The third-order valence-corrected chi connectivity index (χ3v) is 7.93. The van der Waals surface area contributed by atoms with Gasteiger partial charge in [-0.25, -0.2) is 22.2 Å². The van der Waals surface area contributed by atoms with Gasteiger partial charge in [0.2, 0.25) is 21.1 Å². The molecule has 0 saturated heterocycles. The number of benzene rings is 2. The molecule has 0 atom stereocenters. The maximum absolute atomic E-state index is 13.3. The lowest BCUT2D eigenvalue weighted by atomic mass is 10.2. The number of H-pyrrole nitrogens is 1. The van der Waals surface area contributed by atoms with Crippen LogP contribution >= 0.6 is 11.8 Å². The largest absolute Gasteiger partial charge is 0.338 e. The summed E-state index contributed by atoms with van der Waals surface area (Å²) in [6.07, 6.45) is 0. The van der Waals surface area contributed by atoms with E-state index in [-0.39, 0.29) is 21.5 Å². The second-order valence-corrected chi connectivity index (χ2v) is 10.1. The van der Waals surface area contributed by atoms with Crippen LogP contribution in [0.3, 0.4) is 0 Å². The van der Waals surface area contributed by atoms with Gasteiger partial charge in [-0.3, -0.25) is 4.79 Å². The second-order valence-electron chi connectivity index (χ2n) is 7.18. The highest BCUT2D eigenvalue weighted by Gasteiger charge is 2.23. The molecule has 0 radical (unpaired) electrons. The molecule has 4 rings (SSSR count). The maximum atomic E-state index is 13.3. The Morgan fingerprint density at radius 3 is 2.56 bits per heavy atom. The van der Waals surface area contributed by atoms with Gasteiger partial charge in [-0.05, 0) is 30.3 Å². The van der Waals surface area contributed by atoms with Crippen LogP contribution in [0.5, 0.6) is 0 Å². The van der Waals surface area contributed by atoms with Gasteiger partial charge in [0.1, 0.15) is 5.52 Å². The number of anilines is 1. The summed E-state index contributed by atoms with van der Waals surface area (Å²) in [6.45, 7) is 4.27. The number of sulfonamides is 1. The zero-order valence-electron chi connectivity index (χ0n) is 18.2. The number of carbonyl (C=O) groups excluding carboxylic acids is 1. The van der Waals surface area contributed by atoms with E-state index >= 15 is 0 Å². The van der Waals surface area contributed by atoms with Crippen molar-refractivity contribution in [1.29, 1.82) is 0 Å². The number of hydrogen-bond acceptors (Lipinski definition) is 7. The number of carbonyl (C=O) groups is 1. The third kappa shape index (κ3) is 4.72. The summed E-state index contributed by atoms with van der Waals surface area (Å²) in [5.74, 6) is -2.60. The Kier molecular flexibility index (Phi) is 6.77. The molecule has 34 heavy (non-hydrogen) atoms. The molecule has 0 unspecified atom stereocenters. The molecule has 2 aromatic carbocycles. The van der Waals surface area contributed by atoms with Gasteiger partial charge in [0.25, 0.3) is 0 Å². The van der Waals surface area contributed by atoms with E-state index < -0.39 is 27.6 Å². The van der Waals surface area contributed by atoms with Crippen LogP contribution in [-0.2, 0) is 14.8 Å². The first-order chi connectivity index (χ1) is 16.2. The minimum Gasteiger partial charge on any atom is -0.338 e. The van der Waals surface area contributed by atoms with Crippen molar-refractivity contribution in [2.24, 2.45) is 0 Å². The molecule has 2 N–H and O–H groups in total. The smallest absolute Gasteiger partial charge is 0.243 e. The number of thioether (sulfide) groups is 1. The summed E-state index contributed by atoms with van der Waals surface area (Å²) in [5.41, 5.74) is 1.58. The van der Waals surface area contributed by atoms with Crippen LogP contribution in [0.4, 0.5) is 14.5 Å². The summed E-state index contributed by atoms with van der Waals surface area (Å²) in [6, 6.07) is 7.79. The highest BCUT2D eigenvalue weighted by Crippen LogP contribution is 2.27. The van der Waals surface area contributed by atoms with Crippen LogP contribution in [0, 0.1) is 11.6 Å². The minimum atomic E-state index is -3.64. The highest BCUT2D eigenvalue weighted by atomic mass is 32.2. The van der Waals surface area contributed by atoms with Gasteiger partial charge in [-0.15, -0.1) is 10.2 Å². The number of nitrogens with zero attached hydrogens (tertiary/aromatic N) is 4. The molecule has 13 heteroatoms. The minimum absolute atomic E-state index is 0.0847. The SMILES string of the molecule is CCN(CC)S(=O)(=O)c1ccc2[nH]c3nc(SCC(=O)Nc4ccc(F)c(F)c4)nnc3c2c1. The van der Waals surface area contributed by atoms with Crippen LogP contribution in [0.1, 0.15) is 13.8 Å². The molecule has 0 bridgehead atoms. The molecular weight excluding hydrogens is 486 g/mol. The van der Waals surface area contributed by atoms with Gasteiger partial charge in [0.05, 0.1) is 10.6 Å².